The lowest BCUT2D eigenvalue weighted by molar-refractivity contribution is 0.150. The molecule has 0 amide bonds. The molecule has 1 saturated heterocycles. The van der Waals surface area contributed by atoms with Crippen molar-refractivity contribution in [2.24, 2.45) is 5.41 Å². The van der Waals surface area contributed by atoms with Crippen molar-refractivity contribution in [3.8, 4) is 12.3 Å². The fourth-order valence-electron chi connectivity index (χ4n) is 2.46. The zero-order chi connectivity index (χ0) is 15.5. The van der Waals surface area contributed by atoms with Crippen molar-refractivity contribution >= 4 is 17.3 Å². The molecule has 2 heterocycles. The van der Waals surface area contributed by atoms with E-state index in [-0.39, 0.29) is 17.5 Å². The van der Waals surface area contributed by atoms with Gasteiger partial charge in [-0.25, -0.2) is 4.68 Å². The second-order valence-electron chi connectivity index (χ2n) is 6.00. The van der Waals surface area contributed by atoms with E-state index in [0.717, 1.165) is 32.5 Å². The summed E-state index contributed by atoms with van der Waals surface area (Å²) in [4.78, 5) is 14.6. The van der Waals surface area contributed by atoms with Crippen LogP contribution in [-0.2, 0) is 6.54 Å². The number of aromatic nitrogens is 2. The Morgan fingerprint density at radius 2 is 2.19 bits per heavy atom. The fourth-order valence-corrected chi connectivity index (χ4v) is 2.66. The van der Waals surface area contributed by atoms with Crippen LogP contribution in [0, 0.1) is 17.8 Å². The Bertz CT molecular complexity index is 597. The minimum atomic E-state index is -0.267. The van der Waals surface area contributed by atoms with Crippen molar-refractivity contribution in [2.75, 3.05) is 32.0 Å². The van der Waals surface area contributed by atoms with Gasteiger partial charge in [-0.3, -0.25) is 4.79 Å². The summed E-state index contributed by atoms with van der Waals surface area (Å²) in [6.07, 6.45) is 8.88. The zero-order valence-corrected chi connectivity index (χ0v) is 13.3. The van der Waals surface area contributed by atoms with Crippen LogP contribution < -0.4 is 10.9 Å². The third kappa shape index (κ3) is 3.78. The van der Waals surface area contributed by atoms with Crippen molar-refractivity contribution in [1.29, 1.82) is 0 Å². The Balaban J connectivity index is 2.11. The minimum Gasteiger partial charge on any atom is -0.379 e. The molecular formula is C15H21ClN4O. The van der Waals surface area contributed by atoms with E-state index in [4.69, 9.17) is 18.0 Å². The van der Waals surface area contributed by atoms with Crippen LogP contribution in [-0.4, -0.2) is 41.4 Å². The maximum atomic E-state index is 12.3. The molecule has 0 atom stereocenters. The smallest absolute Gasteiger partial charge is 0.292 e. The molecule has 1 aromatic rings. The Morgan fingerprint density at radius 3 is 2.81 bits per heavy atom. The normalized spacial score (nSPS) is 18.2. The molecule has 114 valence electrons. The van der Waals surface area contributed by atoms with Gasteiger partial charge in [0.25, 0.3) is 5.56 Å². The van der Waals surface area contributed by atoms with E-state index in [0.29, 0.717) is 10.7 Å². The Hall–Kier alpha value is -1.51. The summed E-state index contributed by atoms with van der Waals surface area (Å²) in [6.45, 7) is 5.25. The molecule has 0 radical (unpaired) electrons. The van der Waals surface area contributed by atoms with Crippen LogP contribution in [0.25, 0.3) is 0 Å². The van der Waals surface area contributed by atoms with E-state index in [1.165, 1.54) is 10.9 Å². The second kappa shape index (κ2) is 6.50. The topological polar surface area (TPSA) is 50.2 Å². The lowest BCUT2D eigenvalue weighted by atomic mass is 9.80. The number of rotatable bonds is 4. The Kier molecular flexibility index (Phi) is 4.92. The molecule has 0 unspecified atom stereocenters. The summed E-state index contributed by atoms with van der Waals surface area (Å²) in [6, 6.07) is 0. The monoisotopic (exact) mass is 308 g/mol. The number of nitrogens with one attached hydrogen (secondary N) is 1. The number of likely N-dealkylation sites (tertiary alicyclic amines) is 1. The molecular weight excluding hydrogens is 288 g/mol. The summed E-state index contributed by atoms with van der Waals surface area (Å²) < 4.78 is 1.24. The van der Waals surface area contributed by atoms with Gasteiger partial charge < -0.3 is 10.2 Å². The van der Waals surface area contributed by atoms with E-state index in [1.54, 1.807) is 0 Å². The molecule has 0 saturated carbocycles. The van der Waals surface area contributed by atoms with E-state index in [2.05, 4.69) is 35.2 Å². The second-order valence-corrected chi connectivity index (χ2v) is 6.41. The third-order valence-electron chi connectivity index (χ3n) is 4.12. The van der Waals surface area contributed by atoms with Crippen LogP contribution >= 0.6 is 11.6 Å². The maximum absolute atomic E-state index is 12.3. The van der Waals surface area contributed by atoms with E-state index >= 15 is 0 Å². The van der Waals surface area contributed by atoms with Crippen LogP contribution in [0.4, 0.5) is 5.69 Å². The highest BCUT2D eigenvalue weighted by molar-refractivity contribution is 6.32. The lowest BCUT2D eigenvalue weighted by Gasteiger charge is -2.38. The van der Waals surface area contributed by atoms with Crippen molar-refractivity contribution in [3.05, 3.63) is 21.6 Å². The summed E-state index contributed by atoms with van der Waals surface area (Å²) in [5.74, 6) is 2.41. The molecule has 0 aromatic carbocycles. The first-order chi connectivity index (χ1) is 9.95. The highest BCUT2D eigenvalue weighted by Gasteiger charge is 2.29. The molecule has 1 aliphatic rings. The molecule has 5 nitrogen and oxygen atoms in total. The summed E-state index contributed by atoms with van der Waals surface area (Å²) >= 11 is 6.09. The predicted octanol–water partition coefficient (Wildman–Crippen LogP) is 1.67. The van der Waals surface area contributed by atoms with E-state index < -0.39 is 0 Å². The highest BCUT2D eigenvalue weighted by Crippen LogP contribution is 2.30. The van der Waals surface area contributed by atoms with Crippen LogP contribution in [0.15, 0.2) is 11.0 Å². The van der Waals surface area contributed by atoms with Crippen molar-refractivity contribution in [1.82, 2.24) is 14.7 Å². The van der Waals surface area contributed by atoms with Gasteiger partial charge >= 0.3 is 0 Å². The number of nitrogens with zero attached hydrogens (tertiary/aromatic N) is 3. The van der Waals surface area contributed by atoms with Crippen LogP contribution in [0.3, 0.4) is 0 Å². The number of piperidine rings is 1. The standard InChI is InChI=1S/C15H21ClN4O/c1-4-7-20-14(21)13(12(16)10-18-20)17-11-15(2)5-8-19(3)9-6-15/h1,10,17H,5-9,11H2,2-3H3. The molecule has 0 bridgehead atoms. The lowest BCUT2D eigenvalue weighted by Crippen LogP contribution is -2.40. The van der Waals surface area contributed by atoms with E-state index in [1.807, 2.05) is 0 Å². The molecule has 1 N–H and O–H groups in total. The first-order valence-electron chi connectivity index (χ1n) is 7.07. The van der Waals surface area contributed by atoms with Gasteiger partial charge in [-0.15, -0.1) is 6.42 Å². The quantitative estimate of drug-likeness (QED) is 0.860. The van der Waals surface area contributed by atoms with Gasteiger partial charge in [0, 0.05) is 6.54 Å². The maximum Gasteiger partial charge on any atom is 0.292 e. The van der Waals surface area contributed by atoms with Crippen LogP contribution in [0.1, 0.15) is 19.8 Å². The van der Waals surface area contributed by atoms with Gasteiger partial charge in [0.1, 0.15) is 12.2 Å². The van der Waals surface area contributed by atoms with Gasteiger partial charge in [0.05, 0.1) is 11.2 Å². The highest BCUT2D eigenvalue weighted by atomic mass is 35.5. The van der Waals surface area contributed by atoms with Gasteiger partial charge in [-0.05, 0) is 38.4 Å². The molecule has 21 heavy (non-hydrogen) atoms. The average molecular weight is 309 g/mol. The van der Waals surface area contributed by atoms with Crippen molar-refractivity contribution in [2.45, 2.75) is 26.3 Å². The van der Waals surface area contributed by atoms with Gasteiger partial charge in [-0.2, -0.15) is 5.10 Å². The van der Waals surface area contributed by atoms with Crippen molar-refractivity contribution < 1.29 is 0 Å². The summed E-state index contributed by atoms with van der Waals surface area (Å²) in [7, 11) is 2.13. The predicted molar refractivity (Wildman–Crippen MR) is 85.7 cm³/mol. The number of anilines is 1. The molecule has 1 fully saturated rings. The first kappa shape index (κ1) is 15.9. The fraction of sp³-hybridized carbons (Fsp3) is 0.600. The van der Waals surface area contributed by atoms with Gasteiger partial charge in [-0.1, -0.05) is 24.4 Å². The molecule has 1 aromatic heterocycles. The first-order valence-corrected chi connectivity index (χ1v) is 7.44. The SMILES string of the molecule is C#CCn1ncc(Cl)c(NCC2(C)CCN(C)CC2)c1=O. The third-order valence-corrected chi connectivity index (χ3v) is 4.41. The zero-order valence-electron chi connectivity index (χ0n) is 12.5. The molecule has 1 aliphatic heterocycles. The summed E-state index contributed by atoms with van der Waals surface area (Å²) in [5.41, 5.74) is 0.293. The molecule has 0 aliphatic carbocycles. The van der Waals surface area contributed by atoms with Gasteiger partial charge in [0.15, 0.2) is 0 Å². The van der Waals surface area contributed by atoms with E-state index in [9.17, 15) is 4.79 Å². The summed E-state index contributed by atoms with van der Waals surface area (Å²) in [5, 5.41) is 7.48. The average Bonchev–Trinajstić information content (AvgIpc) is 2.46. The van der Waals surface area contributed by atoms with Crippen LogP contribution in [0.5, 0.6) is 0 Å². The minimum absolute atomic E-state index is 0.146. The largest absolute Gasteiger partial charge is 0.379 e. The molecule has 0 spiro atoms. The number of hydrogen-bond acceptors (Lipinski definition) is 4. The molecule has 6 heteroatoms. The van der Waals surface area contributed by atoms with Crippen LogP contribution in [0.2, 0.25) is 5.02 Å². The number of terminal acetylenes is 1. The Labute approximate surface area is 130 Å². The number of halogens is 1. The number of hydrogen-bond donors (Lipinski definition) is 1. The van der Waals surface area contributed by atoms with Crippen molar-refractivity contribution in [3.63, 3.8) is 0 Å². The van der Waals surface area contributed by atoms with Gasteiger partial charge in [0.2, 0.25) is 0 Å². The molecule has 2 rings (SSSR count). The Morgan fingerprint density at radius 1 is 1.52 bits per heavy atom.